The Hall–Kier alpha value is -2.46. The Morgan fingerprint density at radius 1 is 0.957 bits per heavy atom. The molecule has 0 heterocycles. The third-order valence-electron chi connectivity index (χ3n) is 2.77. The second kappa shape index (κ2) is 5.97. The smallest absolute Gasteiger partial charge is 0.339 e. The predicted octanol–water partition coefficient (Wildman–Crippen LogP) is 1.77. The molecule has 10 heteroatoms. The molecule has 8 nitrogen and oxygen atoms in total. The van der Waals surface area contributed by atoms with Crippen molar-refractivity contribution < 1.29 is 25.9 Å². The minimum Gasteiger partial charge on any atom is -0.379 e. The van der Waals surface area contributed by atoms with Gasteiger partial charge in [0.2, 0.25) is 0 Å². The highest BCUT2D eigenvalue weighted by molar-refractivity contribution is 7.90. The average Bonchev–Trinajstić information content (AvgIpc) is 2.46. The summed E-state index contributed by atoms with van der Waals surface area (Å²) in [6.07, 6.45) is 0.996. The molecular weight excluding hydrogens is 346 g/mol. The molecule has 0 bridgehead atoms. The molecule has 23 heavy (non-hydrogen) atoms. The van der Waals surface area contributed by atoms with E-state index in [-0.39, 0.29) is 21.2 Å². The van der Waals surface area contributed by atoms with Crippen LogP contribution in [0.3, 0.4) is 0 Å². The van der Waals surface area contributed by atoms with Crippen LogP contribution in [0.2, 0.25) is 0 Å². The minimum absolute atomic E-state index is 0.0354. The lowest BCUT2D eigenvalue weighted by atomic mass is 10.3. The fraction of sp³-hybridized carbons (Fsp3) is 0.0769. The summed E-state index contributed by atoms with van der Waals surface area (Å²) in [5, 5.41) is 10.7. The van der Waals surface area contributed by atoms with Gasteiger partial charge in [0.25, 0.3) is 5.69 Å². The highest BCUT2D eigenvalue weighted by Gasteiger charge is 2.19. The Balaban J connectivity index is 2.32. The normalized spacial score (nSPS) is 11.9. The van der Waals surface area contributed by atoms with Gasteiger partial charge in [-0.3, -0.25) is 10.1 Å². The van der Waals surface area contributed by atoms with Crippen LogP contribution in [0.4, 0.5) is 5.69 Å². The second-order valence-electron chi connectivity index (χ2n) is 4.54. The number of nitro benzene ring substituents is 1. The second-order valence-corrected chi connectivity index (χ2v) is 8.10. The van der Waals surface area contributed by atoms with Gasteiger partial charge in [0.1, 0.15) is 10.6 Å². The van der Waals surface area contributed by atoms with Crippen LogP contribution in [-0.2, 0) is 20.0 Å². The molecule has 2 aromatic carbocycles. The van der Waals surface area contributed by atoms with Gasteiger partial charge in [-0.2, -0.15) is 8.42 Å². The third kappa shape index (κ3) is 4.05. The summed E-state index contributed by atoms with van der Waals surface area (Å²) in [6.45, 7) is 0. The van der Waals surface area contributed by atoms with Gasteiger partial charge >= 0.3 is 10.1 Å². The Kier molecular flexibility index (Phi) is 4.39. The van der Waals surface area contributed by atoms with E-state index >= 15 is 0 Å². The van der Waals surface area contributed by atoms with E-state index in [1.54, 1.807) is 0 Å². The first-order chi connectivity index (χ1) is 10.6. The molecule has 0 unspecified atom stereocenters. The van der Waals surface area contributed by atoms with Gasteiger partial charge in [0, 0.05) is 12.3 Å². The standard InChI is InChI=1S/C13H11NO7S2/c1-22(17,18)12-5-7-13(8-6-12)23(19,20)21-11-4-2-3-10(9-11)14(15)16/h2-9H,1H3. The third-order valence-corrected chi connectivity index (χ3v) is 5.16. The van der Waals surface area contributed by atoms with E-state index in [1.807, 2.05) is 0 Å². The Morgan fingerprint density at radius 3 is 2.04 bits per heavy atom. The zero-order valence-corrected chi connectivity index (χ0v) is 13.4. The summed E-state index contributed by atoms with van der Waals surface area (Å²) in [7, 11) is -7.69. The number of rotatable bonds is 5. The largest absolute Gasteiger partial charge is 0.379 e. The lowest BCUT2D eigenvalue weighted by molar-refractivity contribution is -0.384. The van der Waals surface area contributed by atoms with Crippen LogP contribution in [0.1, 0.15) is 0 Å². The van der Waals surface area contributed by atoms with Crippen molar-refractivity contribution in [1.82, 2.24) is 0 Å². The molecule has 0 aliphatic heterocycles. The molecule has 0 N–H and O–H groups in total. The van der Waals surface area contributed by atoms with E-state index in [4.69, 9.17) is 4.18 Å². The monoisotopic (exact) mass is 357 g/mol. The number of benzene rings is 2. The topological polar surface area (TPSA) is 121 Å². The number of nitrogens with zero attached hydrogens (tertiary/aromatic N) is 1. The molecule has 0 amide bonds. The molecule has 0 aliphatic carbocycles. The van der Waals surface area contributed by atoms with Crippen molar-refractivity contribution in [3.8, 4) is 5.75 Å². The Bertz CT molecular complexity index is 948. The van der Waals surface area contributed by atoms with Gasteiger partial charge in [0.05, 0.1) is 15.9 Å². The summed E-state index contributed by atoms with van der Waals surface area (Å²) in [6, 6.07) is 9.16. The maximum absolute atomic E-state index is 12.1. The molecular formula is C13H11NO7S2. The van der Waals surface area contributed by atoms with Crippen LogP contribution in [0.5, 0.6) is 5.75 Å². The van der Waals surface area contributed by atoms with Crippen molar-refractivity contribution in [2.45, 2.75) is 9.79 Å². The molecule has 0 aliphatic rings. The van der Waals surface area contributed by atoms with E-state index in [1.165, 1.54) is 18.2 Å². The molecule has 0 saturated carbocycles. The number of hydrogen-bond donors (Lipinski definition) is 0. The average molecular weight is 357 g/mol. The first-order valence-electron chi connectivity index (χ1n) is 6.09. The Labute approximate surface area is 132 Å². The lowest BCUT2D eigenvalue weighted by Gasteiger charge is -2.07. The Morgan fingerprint density at radius 2 is 1.52 bits per heavy atom. The van der Waals surface area contributed by atoms with Crippen molar-refractivity contribution in [1.29, 1.82) is 0 Å². The first kappa shape index (κ1) is 16.9. The summed E-state index contributed by atoms with van der Waals surface area (Å²) in [5.74, 6) is -0.216. The van der Waals surface area contributed by atoms with E-state index in [0.29, 0.717) is 0 Å². The van der Waals surface area contributed by atoms with Gasteiger partial charge in [-0.05, 0) is 30.3 Å². The van der Waals surface area contributed by atoms with Crippen molar-refractivity contribution in [2.24, 2.45) is 0 Å². The van der Waals surface area contributed by atoms with E-state index in [2.05, 4.69) is 0 Å². The summed E-state index contributed by atoms with van der Waals surface area (Å²) < 4.78 is 51.7. The highest BCUT2D eigenvalue weighted by Crippen LogP contribution is 2.23. The molecule has 2 rings (SSSR count). The highest BCUT2D eigenvalue weighted by atomic mass is 32.2. The molecule has 0 spiro atoms. The fourth-order valence-electron chi connectivity index (χ4n) is 1.68. The van der Waals surface area contributed by atoms with Crippen molar-refractivity contribution in [3.05, 3.63) is 58.6 Å². The number of hydrogen-bond acceptors (Lipinski definition) is 7. The van der Waals surface area contributed by atoms with Crippen molar-refractivity contribution >= 4 is 25.6 Å². The molecule has 0 fully saturated rings. The quantitative estimate of drug-likeness (QED) is 0.454. The van der Waals surface area contributed by atoms with E-state index in [9.17, 15) is 26.9 Å². The van der Waals surface area contributed by atoms with Gasteiger partial charge in [-0.1, -0.05) is 6.07 Å². The number of non-ortho nitro benzene ring substituents is 1. The molecule has 0 atom stereocenters. The van der Waals surface area contributed by atoms with Crippen LogP contribution in [0.25, 0.3) is 0 Å². The van der Waals surface area contributed by atoms with E-state index in [0.717, 1.165) is 36.6 Å². The fourth-order valence-corrected chi connectivity index (χ4v) is 3.23. The maximum atomic E-state index is 12.1. The molecule has 0 saturated heterocycles. The summed E-state index contributed by atoms with van der Waals surface area (Å²) >= 11 is 0. The van der Waals surface area contributed by atoms with Crippen LogP contribution in [0, 0.1) is 10.1 Å². The van der Waals surface area contributed by atoms with Crippen molar-refractivity contribution in [3.63, 3.8) is 0 Å². The SMILES string of the molecule is CS(=O)(=O)c1ccc(S(=O)(=O)Oc2cccc([N+](=O)[O-])c2)cc1. The number of nitro groups is 1. The van der Waals surface area contributed by atoms with Crippen LogP contribution in [0.15, 0.2) is 58.3 Å². The van der Waals surface area contributed by atoms with Crippen molar-refractivity contribution in [2.75, 3.05) is 6.26 Å². The van der Waals surface area contributed by atoms with Crippen LogP contribution < -0.4 is 4.18 Å². The summed E-state index contributed by atoms with van der Waals surface area (Å²) in [4.78, 5) is 9.68. The summed E-state index contributed by atoms with van der Waals surface area (Å²) in [5.41, 5.74) is -0.315. The molecule has 0 radical (unpaired) electrons. The molecule has 122 valence electrons. The molecule has 2 aromatic rings. The first-order valence-corrected chi connectivity index (χ1v) is 9.39. The molecule has 0 aromatic heterocycles. The van der Waals surface area contributed by atoms with Gasteiger partial charge in [-0.25, -0.2) is 8.42 Å². The maximum Gasteiger partial charge on any atom is 0.339 e. The lowest BCUT2D eigenvalue weighted by Crippen LogP contribution is -2.10. The predicted molar refractivity (Wildman–Crippen MR) is 80.5 cm³/mol. The van der Waals surface area contributed by atoms with Crippen LogP contribution in [-0.4, -0.2) is 28.0 Å². The van der Waals surface area contributed by atoms with Gasteiger partial charge in [0.15, 0.2) is 9.84 Å². The zero-order chi connectivity index (χ0) is 17.3. The minimum atomic E-state index is -4.24. The number of sulfone groups is 1. The van der Waals surface area contributed by atoms with Gasteiger partial charge < -0.3 is 4.18 Å². The van der Waals surface area contributed by atoms with Crippen LogP contribution >= 0.6 is 0 Å². The zero-order valence-electron chi connectivity index (χ0n) is 11.7. The van der Waals surface area contributed by atoms with Gasteiger partial charge in [-0.15, -0.1) is 0 Å². The van der Waals surface area contributed by atoms with E-state index < -0.39 is 24.9 Å².